The molecule has 4 rings (SSSR count). The number of amides is 1. The first-order valence-electron chi connectivity index (χ1n) is 10.5. The lowest BCUT2D eigenvalue weighted by Crippen LogP contribution is -2.41. The molecule has 174 valence electrons. The van der Waals surface area contributed by atoms with Crippen LogP contribution in [0.15, 0.2) is 30.3 Å². The third-order valence-corrected chi connectivity index (χ3v) is 5.76. The van der Waals surface area contributed by atoms with E-state index in [4.69, 9.17) is 9.47 Å². The zero-order chi connectivity index (χ0) is 22.7. The Morgan fingerprint density at radius 2 is 2.00 bits per heavy atom. The number of fused-ring (bicyclic) bond motifs is 1. The summed E-state index contributed by atoms with van der Waals surface area (Å²) < 4.78 is 52.7. The van der Waals surface area contributed by atoms with Gasteiger partial charge in [0.2, 0.25) is 0 Å². The fourth-order valence-electron chi connectivity index (χ4n) is 3.98. The highest BCUT2D eigenvalue weighted by Crippen LogP contribution is 2.43. The van der Waals surface area contributed by atoms with Crippen molar-refractivity contribution < 1.29 is 27.4 Å². The van der Waals surface area contributed by atoms with E-state index in [0.717, 1.165) is 17.8 Å². The number of nitrogens with one attached hydrogen (secondary N) is 2. The predicted molar refractivity (Wildman–Crippen MR) is 111 cm³/mol. The smallest absolute Gasteiger partial charge is 0.410 e. The summed E-state index contributed by atoms with van der Waals surface area (Å²) in [6, 6.07) is 5.84. The first-order valence-corrected chi connectivity index (χ1v) is 10.5. The van der Waals surface area contributed by atoms with Gasteiger partial charge in [-0.2, -0.15) is 18.3 Å². The number of carbonyl (C=O) groups is 1. The Morgan fingerprint density at radius 3 is 2.66 bits per heavy atom. The van der Waals surface area contributed by atoms with Crippen molar-refractivity contribution in [2.45, 2.75) is 24.7 Å². The Balaban J connectivity index is 1.47. The maximum atomic E-state index is 13.8. The van der Waals surface area contributed by atoms with Crippen LogP contribution in [0.1, 0.15) is 34.6 Å². The monoisotopic (exact) mass is 453 g/mol. The lowest BCUT2D eigenvalue weighted by molar-refractivity contribution is -0.173. The highest BCUT2D eigenvalue weighted by molar-refractivity contribution is 5.93. The molecular formula is C21H26F3N5O3. The lowest BCUT2D eigenvalue weighted by atomic mass is 9.97. The number of carbonyl (C=O) groups excluding carboxylic acids is 1. The third kappa shape index (κ3) is 4.99. The number of anilines is 1. The van der Waals surface area contributed by atoms with Gasteiger partial charge in [-0.1, -0.05) is 12.1 Å². The van der Waals surface area contributed by atoms with Crippen LogP contribution < -0.4 is 15.4 Å². The molecule has 1 aromatic heterocycles. The number of halogens is 3. The van der Waals surface area contributed by atoms with Crippen LogP contribution >= 0.6 is 0 Å². The largest absolute Gasteiger partial charge is 0.497 e. The van der Waals surface area contributed by atoms with Gasteiger partial charge in [0, 0.05) is 38.7 Å². The quantitative estimate of drug-likeness (QED) is 0.700. The van der Waals surface area contributed by atoms with Gasteiger partial charge >= 0.3 is 6.18 Å². The number of nitrogens with zero attached hydrogens (tertiary/aromatic N) is 3. The molecule has 1 aromatic carbocycles. The number of ether oxygens (including phenoxy) is 2. The Bertz CT molecular complexity index is 926. The fourth-order valence-corrected chi connectivity index (χ4v) is 3.98. The van der Waals surface area contributed by atoms with E-state index in [2.05, 4.69) is 20.6 Å². The maximum absolute atomic E-state index is 13.8. The fraction of sp³-hybridized carbons (Fsp3) is 0.524. The van der Waals surface area contributed by atoms with Crippen molar-refractivity contribution >= 4 is 11.7 Å². The molecule has 0 bridgehead atoms. The van der Waals surface area contributed by atoms with Crippen LogP contribution in [0.3, 0.4) is 0 Å². The minimum atomic E-state index is -4.50. The topological polar surface area (TPSA) is 80.7 Å². The molecule has 2 N–H and O–H groups in total. The van der Waals surface area contributed by atoms with Crippen LogP contribution in [0.4, 0.5) is 19.0 Å². The van der Waals surface area contributed by atoms with E-state index in [1.54, 1.807) is 24.3 Å². The molecule has 2 aliphatic rings. The van der Waals surface area contributed by atoms with Crippen molar-refractivity contribution in [3.05, 3.63) is 41.6 Å². The Morgan fingerprint density at radius 1 is 1.28 bits per heavy atom. The standard InChI is InChI=1S/C21H26F3N5O3/c1-31-15-4-2-14(3-5-15)16-12-18(21(22,23)24)29-19(26-16)13-17(27-29)20(30)25-6-7-28-8-10-32-11-9-28/h2-5,13,16,18,26H,6-12H2,1H3,(H,25,30)/t16-,18-/m1/s1. The molecule has 1 saturated heterocycles. The van der Waals surface area contributed by atoms with E-state index in [0.29, 0.717) is 37.6 Å². The molecule has 0 radical (unpaired) electrons. The lowest BCUT2D eigenvalue weighted by Gasteiger charge is -2.33. The van der Waals surface area contributed by atoms with Crippen molar-refractivity contribution in [1.82, 2.24) is 20.0 Å². The normalized spacial score (nSPS) is 21.5. The minimum absolute atomic E-state index is 0.0425. The van der Waals surface area contributed by atoms with Crippen LogP contribution in [0.2, 0.25) is 0 Å². The van der Waals surface area contributed by atoms with Crippen molar-refractivity contribution in [2.75, 3.05) is 51.8 Å². The Hall–Kier alpha value is -2.79. The number of benzene rings is 1. The van der Waals surface area contributed by atoms with Crippen molar-refractivity contribution in [3.63, 3.8) is 0 Å². The second kappa shape index (κ2) is 9.37. The van der Waals surface area contributed by atoms with Gasteiger partial charge in [-0.05, 0) is 17.7 Å². The molecule has 0 unspecified atom stereocenters. The number of morpholine rings is 1. The summed E-state index contributed by atoms with van der Waals surface area (Å²) >= 11 is 0. The second-order valence-corrected chi connectivity index (χ2v) is 7.83. The zero-order valence-corrected chi connectivity index (χ0v) is 17.7. The summed E-state index contributed by atoms with van der Waals surface area (Å²) in [6.07, 6.45) is -4.74. The molecule has 1 fully saturated rings. The summed E-state index contributed by atoms with van der Waals surface area (Å²) in [4.78, 5) is 14.7. The molecule has 8 nitrogen and oxygen atoms in total. The van der Waals surface area contributed by atoms with Crippen LogP contribution in [0.25, 0.3) is 0 Å². The SMILES string of the molecule is COc1ccc([C@H]2C[C@H](C(F)(F)F)n3nc(C(=O)NCCN4CCOCC4)cc3N2)cc1. The number of aromatic nitrogens is 2. The summed E-state index contributed by atoms with van der Waals surface area (Å²) in [5, 5.41) is 9.83. The third-order valence-electron chi connectivity index (χ3n) is 5.76. The average molecular weight is 453 g/mol. The van der Waals surface area contributed by atoms with Gasteiger partial charge in [-0.3, -0.25) is 9.69 Å². The number of hydrogen-bond acceptors (Lipinski definition) is 6. The highest BCUT2D eigenvalue weighted by atomic mass is 19.4. The van der Waals surface area contributed by atoms with Gasteiger partial charge in [0.25, 0.3) is 5.91 Å². The van der Waals surface area contributed by atoms with Gasteiger partial charge in [0.15, 0.2) is 11.7 Å². The second-order valence-electron chi connectivity index (χ2n) is 7.83. The first-order chi connectivity index (χ1) is 15.3. The molecule has 2 aromatic rings. The first kappa shape index (κ1) is 22.4. The molecule has 2 aliphatic heterocycles. The Kier molecular flexibility index (Phi) is 6.56. The predicted octanol–water partition coefficient (Wildman–Crippen LogP) is 2.61. The van der Waals surface area contributed by atoms with E-state index in [1.807, 2.05) is 0 Å². The van der Waals surface area contributed by atoms with Gasteiger partial charge in [0.05, 0.1) is 26.4 Å². The Labute approximate surface area is 183 Å². The average Bonchev–Trinajstić information content (AvgIpc) is 3.23. The van der Waals surface area contributed by atoms with Gasteiger partial charge in [-0.15, -0.1) is 0 Å². The number of alkyl halides is 3. The van der Waals surface area contributed by atoms with E-state index in [1.165, 1.54) is 13.2 Å². The molecule has 32 heavy (non-hydrogen) atoms. The van der Waals surface area contributed by atoms with Gasteiger partial charge in [-0.25, -0.2) is 4.68 Å². The van der Waals surface area contributed by atoms with E-state index in [-0.39, 0.29) is 17.9 Å². The molecule has 11 heteroatoms. The molecule has 3 heterocycles. The van der Waals surface area contributed by atoms with E-state index < -0.39 is 24.2 Å². The molecule has 0 saturated carbocycles. The number of methoxy groups -OCH3 is 1. The molecule has 0 spiro atoms. The maximum Gasteiger partial charge on any atom is 0.410 e. The summed E-state index contributed by atoms with van der Waals surface area (Å²) in [5.41, 5.74) is 0.656. The molecular weight excluding hydrogens is 427 g/mol. The molecule has 2 atom stereocenters. The molecule has 0 aliphatic carbocycles. The zero-order valence-electron chi connectivity index (χ0n) is 17.7. The number of rotatable bonds is 6. The van der Waals surface area contributed by atoms with Crippen molar-refractivity contribution in [3.8, 4) is 5.75 Å². The van der Waals surface area contributed by atoms with Gasteiger partial charge < -0.3 is 20.1 Å². The van der Waals surface area contributed by atoms with Crippen LogP contribution in [0.5, 0.6) is 5.75 Å². The van der Waals surface area contributed by atoms with Crippen LogP contribution in [-0.4, -0.2) is 73.3 Å². The highest BCUT2D eigenvalue weighted by Gasteiger charge is 2.46. The summed E-state index contributed by atoms with van der Waals surface area (Å²) in [5.74, 6) is 0.291. The summed E-state index contributed by atoms with van der Waals surface area (Å²) in [7, 11) is 1.53. The number of hydrogen-bond donors (Lipinski definition) is 2. The van der Waals surface area contributed by atoms with Crippen LogP contribution in [-0.2, 0) is 4.74 Å². The van der Waals surface area contributed by atoms with E-state index >= 15 is 0 Å². The molecule has 1 amide bonds. The minimum Gasteiger partial charge on any atom is -0.497 e. The van der Waals surface area contributed by atoms with Gasteiger partial charge in [0.1, 0.15) is 11.6 Å². The van der Waals surface area contributed by atoms with Crippen molar-refractivity contribution in [1.29, 1.82) is 0 Å². The van der Waals surface area contributed by atoms with Crippen LogP contribution in [0, 0.1) is 0 Å². The summed E-state index contributed by atoms with van der Waals surface area (Å²) in [6.45, 7) is 3.91. The van der Waals surface area contributed by atoms with Crippen molar-refractivity contribution in [2.24, 2.45) is 0 Å². The van der Waals surface area contributed by atoms with E-state index in [9.17, 15) is 18.0 Å².